The number of hydrogen-bond acceptors (Lipinski definition) is 6. The lowest BCUT2D eigenvalue weighted by atomic mass is 10.2. The number of nitrogens with one attached hydrogen (secondary N) is 1. The molecule has 0 aliphatic carbocycles. The van der Waals surface area contributed by atoms with Crippen LogP contribution in [0.3, 0.4) is 0 Å². The van der Waals surface area contributed by atoms with Crippen molar-refractivity contribution >= 4 is 23.4 Å². The summed E-state index contributed by atoms with van der Waals surface area (Å²) >= 11 is 1.46. The van der Waals surface area contributed by atoms with Gasteiger partial charge in [0, 0.05) is 35.8 Å². The molecular formula is C23H19FN4O2S. The third kappa shape index (κ3) is 5.35. The SMILES string of the molecule is Cc1cc(Sc2ncccn2)ccc1NC(=O)CCc1ncc(-c2ccccc2F)o1. The highest BCUT2D eigenvalue weighted by Gasteiger charge is 2.12. The van der Waals surface area contributed by atoms with Crippen LogP contribution in [0.25, 0.3) is 11.3 Å². The summed E-state index contributed by atoms with van der Waals surface area (Å²) < 4.78 is 19.5. The fourth-order valence-electron chi connectivity index (χ4n) is 2.93. The Morgan fingerprint density at radius 2 is 1.90 bits per heavy atom. The van der Waals surface area contributed by atoms with Crippen LogP contribution < -0.4 is 5.32 Å². The van der Waals surface area contributed by atoms with E-state index in [2.05, 4.69) is 20.3 Å². The van der Waals surface area contributed by atoms with E-state index in [9.17, 15) is 9.18 Å². The summed E-state index contributed by atoms with van der Waals surface area (Å²) in [6.07, 6.45) is 5.39. The summed E-state index contributed by atoms with van der Waals surface area (Å²) in [4.78, 5) is 25.9. The Morgan fingerprint density at radius 1 is 1.10 bits per heavy atom. The maximum Gasteiger partial charge on any atom is 0.224 e. The summed E-state index contributed by atoms with van der Waals surface area (Å²) in [5, 5.41) is 3.58. The van der Waals surface area contributed by atoms with E-state index < -0.39 is 0 Å². The monoisotopic (exact) mass is 434 g/mol. The minimum atomic E-state index is -0.376. The van der Waals surface area contributed by atoms with Gasteiger partial charge < -0.3 is 9.73 Å². The lowest BCUT2D eigenvalue weighted by Crippen LogP contribution is -2.13. The number of hydrogen-bond donors (Lipinski definition) is 1. The third-order valence-corrected chi connectivity index (χ3v) is 5.37. The molecule has 1 N–H and O–H groups in total. The van der Waals surface area contributed by atoms with Gasteiger partial charge in [-0.3, -0.25) is 4.79 Å². The second-order valence-corrected chi connectivity index (χ2v) is 7.80. The van der Waals surface area contributed by atoms with Gasteiger partial charge >= 0.3 is 0 Å². The Hall–Kier alpha value is -3.52. The first-order chi connectivity index (χ1) is 15.1. The average molecular weight is 434 g/mol. The van der Waals surface area contributed by atoms with E-state index in [1.54, 1.807) is 36.7 Å². The van der Waals surface area contributed by atoms with Crippen molar-refractivity contribution in [2.45, 2.75) is 29.8 Å². The number of carbonyl (C=O) groups excluding carboxylic acids is 1. The fourth-order valence-corrected chi connectivity index (χ4v) is 3.74. The van der Waals surface area contributed by atoms with E-state index in [-0.39, 0.29) is 18.1 Å². The molecular weight excluding hydrogens is 415 g/mol. The number of nitrogens with zero attached hydrogens (tertiary/aromatic N) is 3. The average Bonchev–Trinajstić information content (AvgIpc) is 3.24. The van der Waals surface area contributed by atoms with Crippen molar-refractivity contribution in [3.8, 4) is 11.3 Å². The van der Waals surface area contributed by atoms with Crippen molar-refractivity contribution < 1.29 is 13.6 Å². The van der Waals surface area contributed by atoms with Crippen LogP contribution in [-0.4, -0.2) is 20.9 Å². The van der Waals surface area contributed by atoms with Crippen LogP contribution in [0.15, 0.2) is 81.6 Å². The molecule has 0 atom stereocenters. The van der Waals surface area contributed by atoms with Gasteiger partial charge in [-0.15, -0.1) is 0 Å². The summed E-state index contributed by atoms with van der Waals surface area (Å²) in [5.74, 6) is 0.207. The molecule has 8 heteroatoms. The van der Waals surface area contributed by atoms with Crippen LogP contribution in [0, 0.1) is 12.7 Å². The lowest BCUT2D eigenvalue weighted by molar-refractivity contribution is -0.116. The van der Waals surface area contributed by atoms with Gasteiger partial charge in [0.15, 0.2) is 16.8 Å². The number of halogens is 1. The van der Waals surface area contributed by atoms with E-state index >= 15 is 0 Å². The van der Waals surface area contributed by atoms with Gasteiger partial charge in [-0.2, -0.15) is 0 Å². The molecule has 4 rings (SSSR count). The molecule has 0 bridgehead atoms. The van der Waals surface area contributed by atoms with Gasteiger partial charge in [-0.1, -0.05) is 12.1 Å². The maximum atomic E-state index is 13.9. The Balaban J connectivity index is 1.33. The Bertz CT molecular complexity index is 1200. The number of anilines is 1. The van der Waals surface area contributed by atoms with Crippen LogP contribution in [-0.2, 0) is 11.2 Å². The van der Waals surface area contributed by atoms with Gasteiger partial charge in [0.05, 0.1) is 11.8 Å². The molecule has 0 fully saturated rings. The van der Waals surface area contributed by atoms with Crippen LogP contribution in [0.5, 0.6) is 0 Å². The molecule has 0 aliphatic rings. The standard InChI is InChI=1S/C23H19FN4O2S/c1-15-13-16(31-23-25-11-4-12-26-23)7-8-19(15)28-21(29)9-10-22-27-14-20(30-22)17-5-2-3-6-18(17)24/h2-8,11-14H,9-10H2,1H3,(H,28,29). The van der Waals surface area contributed by atoms with Gasteiger partial charge in [0.25, 0.3) is 0 Å². The second-order valence-electron chi connectivity index (χ2n) is 6.76. The van der Waals surface area contributed by atoms with Crippen LogP contribution in [0.4, 0.5) is 10.1 Å². The Morgan fingerprint density at radius 3 is 2.68 bits per heavy atom. The number of amides is 1. The summed E-state index contributed by atoms with van der Waals surface area (Å²) in [6.45, 7) is 1.93. The zero-order valence-corrected chi connectivity index (χ0v) is 17.5. The zero-order chi connectivity index (χ0) is 21.6. The second kappa shape index (κ2) is 9.53. The van der Waals surface area contributed by atoms with Crippen molar-refractivity contribution in [3.05, 3.63) is 84.4 Å². The predicted molar refractivity (Wildman–Crippen MR) is 116 cm³/mol. The third-order valence-electron chi connectivity index (χ3n) is 4.48. The number of benzene rings is 2. The first kappa shape index (κ1) is 20.7. The van der Waals surface area contributed by atoms with Crippen LogP contribution in [0.2, 0.25) is 0 Å². The first-order valence-corrected chi connectivity index (χ1v) is 10.4. The van der Waals surface area contributed by atoms with Gasteiger partial charge in [0.2, 0.25) is 5.91 Å². The van der Waals surface area contributed by atoms with E-state index in [1.165, 1.54) is 24.0 Å². The molecule has 6 nitrogen and oxygen atoms in total. The molecule has 0 unspecified atom stereocenters. The summed E-state index contributed by atoms with van der Waals surface area (Å²) in [7, 11) is 0. The topological polar surface area (TPSA) is 80.9 Å². The van der Waals surface area contributed by atoms with E-state index in [0.29, 0.717) is 28.8 Å². The zero-order valence-electron chi connectivity index (χ0n) is 16.7. The fraction of sp³-hybridized carbons (Fsp3) is 0.130. The van der Waals surface area contributed by atoms with Crippen LogP contribution >= 0.6 is 11.8 Å². The van der Waals surface area contributed by atoms with Crippen LogP contribution in [0.1, 0.15) is 17.9 Å². The van der Waals surface area contributed by atoms with E-state index in [1.807, 2.05) is 25.1 Å². The molecule has 2 heterocycles. The Kier molecular flexibility index (Phi) is 6.37. The minimum absolute atomic E-state index is 0.152. The van der Waals surface area contributed by atoms with Gasteiger partial charge in [-0.25, -0.2) is 19.3 Å². The molecule has 0 radical (unpaired) electrons. The molecule has 2 aromatic carbocycles. The highest BCUT2D eigenvalue weighted by Crippen LogP contribution is 2.28. The van der Waals surface area contributed by atoms with E-state index in [4.69, 9.17) is 4.42 Å². The highest BCUT2D eigenvalue weighted by atomic mass is 32.2. The molecule has 0 saturated carbocycles. The number of aromatic nitrogens is 3. The summed E-state index contributed by atoms with van der Waals surface area (Å²) in [6, 6.07) is 13.9. The molecule has 0 spiro atoms. The quantitative estimate of drug-likeness (QED) is 0.398. The normalized spacial score (nSPS) is 10.8. The predicted octanol–water partition coefficient (Wildman–Crippen LogP) is 5.30. The molecule has 1 amide bonds. The van der Waals surface area contributed by atoms with Crippen molar-refractivity contribution in [2.24, 2.45) is 0 Å². The molecule has 0 aliphatic heterocycles. The lowest BCUT2D eigenvalue weighted by Gasteiger charge is -2.09. The van der Waals surface area contributed by atoms with Gasteiger partial charge in [-0.05, 0) is 60.6 Å². The minimum Gasteiger partial charge on any atom is -0.441 e. The molecule has 2 aromatic heterocycles. The van der Waals surface area contributed by atoms with Crippen molar-refractivity contribution in [3.63, 3.8) is 0 Å². The van der Waals surface area contributed by atoms with Gasteiger partial charge in [0.1, 0.15) is 5.82 Å². The first-order valence-electron chi connectivity index (χ1n) is 9.63. The van der Waals surface area contributed by atoms with Crippen molar-refractivity contribution in [2.75, 3.05) is 5.32 Å². The molecule has 156 valence electrons. The number of aryl methyl sites for hydroxylation is 2. The Labute approximate surface area is 183 Å². The maximum absolute atomic E-state index is 13.9. The van der Waals surface area contributed by atoms with Crippen molar-refractivity contribution in [1.82, 2.24) is 15.0 Å². The van der Waals surface area contributed by atoms with E-state index in [0.717, 1.165) is 16.1 Å². The smallest absolute Gasteiger partial charge is 0.224 e. The van der Waals surface area contributed by atoms with Crippen molar-refractivity contribution in [1.29, 1.82) is 0 Å². The summed E-state index contributed by atoms with van der Waals surface area (Å²) in [5.41, 5.74) is 2.02. The number of carbonyl (C=O) groups is 1. The molecule has 0 saturated heterocycles. The molecule has 4 aromatic rings. The number of oxazole rings is 1. The molecule has 31 heavy (non-hydrogen) atoms. The number of rotatable bonds is 7. The largest absolute Gasteiger partial charge is 0.441 e. The highest BCUT2D eigenvalue weighted by molar-refractivity contribution is 7.99.